The highest BCUT2D eigenvalue weighted by atomic mass is 32.1. The fourth-order valence-corrected chi connectivity index (χ4v) is 3.80. The summed E-state index contributed by atoms with van der Waals surface area (Å²) in [4.78, 5) is 39.8. The van der Waals surface area contributed by atoms with Crippen molar-refractivity contribution in [2.24, 2.45) is 5.73 Å². The Labute approximate surface area is 180 Å². The van der Waals surface area contributed by atoms with E-state index in [-0.39, 0.29) is 22.2 Å². The van der Waals surface area contributed by atoms with E-state index in [1.54, 1.807) is 6.07 Å². The molecule has 0 fully saturated rings. The van der Waals surface area contributed by atoms with Gasteiger partial charge in [0.1, 0.15) is 10.9 Å². The van der Waals surface area contributed by atoms with E-state index in [1.807, 2.05) is 52.8 Å². The molecule has 5 N–H and O–H groups in total. The Hall–Kier alpha value is -2.94. The fourth-order valence-electron chi connectivity index (χ4n) is 3.06. The lowest BCUT2D eigenvalue weighted by Gasteiger charge is -2.33. The second-order valence-electron chi connectivity index (χ2n) is 8.20. The van der Waals surface area contributed by atoms with Crippen molar-refractivity contribution in [3.8, 4) is 0 Å². The molecule has 0 saturated carbocycles. The summed E-state index contributed by atoms with van der Waals surface area (Å²) in [6.45, 7) is 9.50. The summed E-state index contributed by atoms with van der Waals surface area (Å²) in [5.41, 5.74) is 12.1. The summed E-state index contributed by atoms with van der Waals surface area (Å²) >= 11 is 0.801. The highest BCUT2D eigenvalue weighted by molar-refractivity contribution is 7.09. The van der Waals surface area contributed by atoms with E-state index in [2.05, 4.69) is 9.69 Å². The number of aryl methyl sites for hydroxylation is 1. The largest absolute Gasteiger partial charge is 0.395 e. The van der Waals surface area contributed by atoms with Gasteiger partial charge in [0.2, 0.25) is 5.91 Å². The zero-order chi connectivity index (χ0) is 22.6. The van der Waals surface area contributed by atoms with Gasteiger partial charge in [-0.25, -0.2) is 0 Å². The van der Waals surface area contributed by atoms with Crippen molar-refractivity contribution in [2.75, 3.05) is 10.6 Å². The number of rotatable bonds is 7. The molecule has 1 aromatic heterocycles. The third-order valence-electron chi connectivity index (χ3n) is 4.33. The summed E-state index contributed by atoms with van der Waals surface area (Å²) in [7, 11) is 0. The molecule has 1 unspecified atom stereocenters. The number of nitrogens with one attached hydrogen (secondary N) is 1. The Balaban J connectivity index is 2.60. The lowest BCUT2D eigenvalue weighted by atomic mass is 10.0. The van der Waals surface area contributed by atoms with Crippen LogP contribution in [0.1, 0.15) is 66.3 Å². The van der Waals surface area contributed by atoms with E-state index in [0.717, 1.165) is 17.1 Å². The van der Waals surface area contributed by atoms with Crippen molar-refractivity contribution in [1.29, 1.82) is 0 Å². The molecule has 1 heterocycles. The third kappa shape index (κ3) is 5.35. The van der Waals surface area contributed by atoms with E-state index in [9.17, 15) is 14.4 Å². The van der Waals surface area contributed by atoms with Crippen molar-refractivity contribution >= 4 is 40.6 Å². The standard InChI is InChI=1S/C21H29N5O3S/c1-6-8-14(19(28)24-21(3,4)5)26(13-10-7-9-12(2)11-13)20(29)17-15(22)16(18(23)27)25-30-17/h7,9-11,14H,6,8,22H2,1-5H3,(H2,23,27)(H,24,28). The maximum Gasteiger partial charge on any atom is 0.272 e. The molecule has 1 aromatic carbocycles. The van der Waals surface area contributed by atoms with Crippen LogP contribution in [-0.4, -0.2) is 33.7 Å². The SMILES string of the molecule is CCCC(C(=O)NC(C)(C)C)N(C(=O)c1snc(C(N)=O)c1N)c1cccc(C)c1. The number of anilines is 2. The number of carbonyl (C=O) groups is 3. The number of benzene rings is 1. The first-order chi connectivity index (χ1) is 14.0. The molecule has 2 rings (SSSR count). The maximum atomic E-state index is 13.6. The van der Waals surface area contributed by atoms with Crippen molar-refractivity contribution in [3.63, 3.8) is 0 Å². The van der Waals surface area contributed by atoms with Crippen LogP contribution in [-0.2, 0) is 4.79 Å². The molecule has 0 saturated heterocycles. The summed E-state index contributed by atoms with van der Waals surface area (Å²) < 4.78 is 3.93. The predicted molar refractivity (Wildman–Crippen MR) is 120 cm³/mol. The minimum atomic E-state index is -0.805. The lowest BCUT2D eigenvalue weighted by Crippen LogP contribution is -2.54. The Kier molecular flexibility index (Phi) is 7.20. The number of carbonyl (C=O) groups excluding carboxylic acids is 3. The van der Waals surface area contributed by atoms with E-state index in [0.29, 0.717) is 18.5 Å². The van der Waals surface area contributed by atoms with Crippen LogP contribution in [0, 0.1) is 6.92 Å². The second-order valence-corrected chi connectivity index (χ2v) is 8.97. The van der Waals surface area contributed by atoms with Gasteiger partial charge in [0.05, 0.1) is 5.69 Å². The van der Waals surface area contributed by atoms with Crippen LogP contribution in [0.3, 0.4) is 0 Å². The molecule has 0 aliphatic heterocycles. The molecule has 0 radical (unpaired) electrons. The molecule has 30 heavy (non-hydrogen) atoms. The van der Waals surface area contributed by atoms with Gasteiger partial charge in [-0.2, -0.15) is 4.37 Å². The molecule has 0 aliphatic rings. The highest BCUT2D eigenvalue weighted by Gasteiger charge is 2.35. The number of hydrogen-bond acceptors (Lipinski definition) is 6. The average Bonchev–Trinajstić information content (AvgIpc) is 3.01. The van der Waals surface area contributed by atoms with E-state index >= 15 is 0 Å². The molecule has 0 aliphatic carbocycles. The quantitative estimate of drug-likeness (QED) is 0.620. The second kappa shape index (κ2) is 9.25. The smallest absolute Gasteiger partial charge is 0.272 e. The minimum Gasteiger partial charge on any atom is -0.395 e. The number of primary amides is 1. The first kappa shape index (κ1) is 23.3. The van der Waals surface area contributed by atoms with E-state index in [4.69, 9.17) is 11.5 Å². The zero-order valence-electron chi connectivity index (χ0n) is 18.0. The predicted octanol–water partition coefficient (Wildman–Crippen LogP) is 2.86. The average molecular weight is 432 g/mol. The van der Waals surface area contributed by atoms with Gasteiger partial charge in [-0.15, -0.1) is 0 Å². The summed E-state index contributed by atoms with van der Waals surface area (Å²) in [5.74, 6) is -1.57. The van der Waals surface area contributed by atoms with Gasteiger partial charge >= 0.3 is 0 Å². The molecule has 8 nitrogen and oxygen atoms in total. The fraction of sp³-hybridized carbons (Fsp3) is 0.429. The molecule has 9 heteroatoms. The number of hydrogen-bond donors (Lipinski definition) is 3. The highest BCUT2D eigenvalue weighted by Crippen LogP contribution is 2.29. The van der Waals surface area contributed by atoms with Crippen molar-refractivity contribution in [3.05, 3.63) is 40.4 Å². The molecule has 1 atom stereocenters. The molecular weight excluding hydrogens is 402 g/mol. The number of nitrogen functional groups attached to an aromatic ring is 1. The van der Waals surface area contributed by atoms with Crippen molar-refractivity contribution < 1.29 is 14.4 Å². The number of amides is 3. The number of nitrogens with zero attached hydrogens (tertiary/aromatic N) is 2. The molecule has 0 bridgehead atoms. The lowest BCUT2D eigenvalue weighted by molar-refractivity contribution is -0.123. The van der Waals surface area contributed by atoms with Gasteiger partial charge < -0.3 is 16.8 Å². The Morgan fingerprint density at radius 1 is 1.27 bits per heavy atom. The molecule has 0 spiro atoms. The van der Waals surface area contributed by atoms with Crippen LogP contribution in [0.2, 0.25) is 0 Å². The van der Waals surface area contributed by atoms with Gasteiger partial charge in [0.15, 0.2) is 5.69 Å². The zero-order valence-corrected chi connectivity index (χ0v) is 18.8. The normalized spacial score (nSPS) is 12.3. The topological polar surface area (TPSA) is 131 Å². The van der Waals surface area contributed by atoms with Crippen LogP contribution in [0.4, 0.5) is 11.4 Å². The Bertz CT molecular complexity index is 948. The van der Waals surface area contributed by atoms with Gasteiger partial charge in [-0.1, -0.05) is 25.5 Å². The number of nitrogens with two attached hydrogens (primary N) is 2. The van der Waals surface area contributed by atoms with Crippen LogP contribution >= 0.6 is 11.5 Å². The van der Waals surface area contributed by atoms with Gasteiger partial charge in [-0.05, 0) is 63.3 Å². The summed E-state index contributed by atoms with van der Waals surface area (Å²) in [6.07, 6.45) is 1.13. The van der Waals surface area contributed by atoms with E-state index in [1.165, 1.54) is 4.90 Å². The van der Waals surface area contributed by atoms with Crippen LogP contribution < -0.4 is 21.7 Å². The van der Waals surface area contributed by atoms with E-state index < -0.39 is 23.4 Å². The van der Waals surface area contributed by atoms with Crippen molar-refractivity contribution in [2.45, 2.75) is 59.0 Å². The monoisotopic (exact) mass is 431 g/mol. The van der Waals surface area contributed by atoms with Crippen molar-refractivity contribution in [1.82, 2.24) is 9.69 Å². The Morgan fingerprint density at radius 2 is 1.93 bits per heavy atom. The third-order valence-corrected chi connectivity index (χ3v) is 5.18. The number of aromatic nitrogens is 1. The first-order valence-electron chi connectivity index (χ1n) is 9.73. The van der Waals surface area contributed by atoms with Gasteiger partial charge in [-0.3, -0.25) is 19.3 Å². The molecule has 2 aromatic rings. The van der Waals surface area contributed by atoms with Crippen LogP contribution in [0.15, 0.2) is 24.3 Å². The molecule has 3 amide bonds. The maximum absolute atomic E-state index is 13.6. The molecular formula is C21H29N5O3S. The molecule has 162 valence electrons. The Morgan fingerprint density at radius 3 is 2.43 bits per heavy atom. The van der Waals surface area contributed by atoms with Crippen LogP contribution in [0.5, 0.6) is 0 Å². The van der Waals surface area contributed by atoms with Crippen LogP contribution in [0.25, 0.3) is 0 Å². The van der Waals surface area contributed by atoms with Gasteiger partial charge in [0, 0.05) is 11.2 Å². The minimum absolute atomic E-state index is 0.0679. The summed E-state index contributed by atoms with van der Waals surface area (Å²) in [6, 6.07) is 6.56. The first-order valence-corrected chi connectivity index (χ1v) is 10.5. The summed E-state index contributed by atoms with van der Waals surface area (Å²) in [5, 5.41) is 2.96. The van der Waals surface area contributed by atoms with Gasteiger partial charge in [0.25, 0.3) is 11.8 Å².